The van der Waals surface area contributed by atoms with Crippen molar-refractivity contribution >= 4 is 23.2 Å². The van der Waals surface area contributed by atoms with E-state index in [4.69, 9.17) is 27.9 Å². The number of nitrogens with zero attached hydrogens (tertiary/aromatic N) is 2. The van der Waals surface area contributed by atoms with Crippen LogP contribution in [0.1, 0.15) is 36.7 Å². The van der Waals surface area contributed by atoms with Crippen LogP contribution in [0.15, 0.2) is 18.2 Å². The average molecular weight is 311 g/mol. The van der Waals surface area contributed by atoms with Crippen molar-refractivity contribution in [1.82, 2.24) is 9.97 Å². The molecule has 0 bridgehead atoms. The number of benzene rings is 1. The number of aromatic nitrogens is 2. The maximum atomic E-state index is 6.01. The van der Waals surface area contributed by atoms with Gasteiger partial charge in [0, 0.05) is 17.0 Å². The second-order valence-electron chi connectivity index (χ2n) is 5.01. The predicted molar refractivity (Wildman–Crippen MR) is 82.1 cm³/mol. The smallest absolute Gasteiger partial charge is 0.224 e. The van der Waals surface area contributed by atoms with Crippen LogP contribution in [-0.4, -0.2) is 9.97 Å². The van der Waals surface area contributed by atoms with Crippen molar-refractivity contribution < 1.29 is 4.74 Å². The third kappa shape index (κ3) is 3.41. The Labute approximate surface area is 128 Å². The molecule has 2 aromatic rings. The van der Waals surface area contributed by atoms with Gasteiger partial charge in [-0.05, 0) is 37.1 Å². The molecular weight excluding hydrogens is 295 g/mol. The highest BCUT2D eigenvalue weighted by atomic mass is 35.5. The molecule has 0 spiro atoms. The second-order valence-corrected chi connectivity index (χ2v) is 5.84. The summed E-state index contributed by atoms with van der Waals surface area (Å²) in [6.07, 6.45) is 0. The fourth-order valence-corrected chi connectivity index (χ4v) is 2.39. The Morgan fingerprint density at radius 2 is 1.60 bits per heavy atom. The molecule has 0 aliphatic rings. The van der Waals surface area contributed by atoms with Crippen molar-refractivity contribution in [2.75, 3.05) is 0 Å². The highest BCUT2D eigenvalue weighted by molar-refractivity contribution is 6.30. The summed E-state index contributed by atoms with van der Waals surface area (Å²) in [6, 6.07) is 5.33. The first-order chi connectivity index (χ1) is 9.36. The number of hydrogen-bond donors (Lipinski definition) is 0. The molecule has 2 rings (SSSR count). The SMILES string of the molecule is Cc1cc(Cl)cc(C)c1Oc1cc(Cl)nc(C(C)C)n1. The maximum Gasteiger partial charge on any atom is 0.224 e. The molecule has 0 fully saturated rings. The molecule has 5 heteroatoms. The van der Waals surface area contributed by atoms with Gasteiger partial charge in [0.25, 0.3) is 0 Å². The number of rotatable bonds is 3. The van der Waals surface area contributed by atoms with E-state index in [1.165, 1.54) is 0 Å². The molecule has 1 aromatic carbocycles. The van der Waals surface area contributed by atoms with Crippen LogP contribution in [0.4, 0.5) is 0 Å². The average Bonchev–Trinajstić information content (AvgIpc) is 2.33. The normalized spacial score (nSPS) is 10.9. The van der Waals surface area contributed by atoms with Gasteiger partial charge in [0.05, 0.1) is 0 Å². The van der Waals surface area contributed by atoms with Gasteiger partial charge in [-0.15, -0.1) is 0 Å². The lowest BCUT2D eigenvalue weighted by Crippen LogP contribution is -2.01. The Kier molecular flexibility index (Phi) is 4.51. The van der Waals surface area contributed by atoms with Crippen LogP contribution >= 0.6 is 23.2 Å². The number of halogens is 2. The van der Waals surface area contributed by atoms with Crippen molar-refractivity contribution in [1.29, 1.82) is 0 Å². The third-order valence-corrected chi connectivity index (χ3v) is 3.25. The Balaban J connectivity index is 2.40. The minimum atomic E-state index is 0.184. The Hall–Kier alpha value is -1.32. The first-order valence-corrected chi connectivity index (χ1v) is 7.11. The summed E-state index contributed by atoms with van der Waals surface area (Å²) in [5.74, 6) is 2.04. The van der Waals surface area contributed by atoms with Crippen LogP contribution in [0, 0.1) is 13.8 Å². The lowest BCUT2D eigenvalue weighted by molar-refractivity contribution is 0.450. The quantitative estimate of drug-likeness (QED) is 0.720. The van der Waals surface area contributed by atoms with E-state index in [1.807, 2.05) is 39.8 Å². The van der Waals surface area contributed by atoms with Gasteiger partial charge in [-0.1, -0.05) is 37.0 Å². The van der Waals surface area contributed by atoms with Crippen LogP contribution in [0.2, 0.25) is 10.2 Å². The Bertz CT molecular complexity index is 619. The standard InChI is InChI=1S/C15H16Cl2N2O/c1-8(2)15-18-12(17)7-13(19-15)20-14-9(3)5-11(16)6-10(14)4/h5-8H,1-4H3. The van der Waals surface area contributed by atoms with Gasteiger partial charge >= 0.3 is 0 Å². The van der Waals surface area contributed by atoms with Crippen LogP contribution in [0.25, 0.3) is 0 Å². The number of ether oxygens (including phenoxy) is 1. The van der Waals surface area contributed by atoms with E-state index in [1.54, 1.807) is 6.07 Å². The molecule has 0 aliphatic heterocycles. The van der Waals surface area contributed by atoms with Gasteiger partial charge in [-0.25, -0.2) is 4.98 Å². The van der Waals surface area contributed by atoms with E-state index >= 15 is 0 Å². The zero-order chi connectivity index (χ0) is 14.9. The summed E-state index contributed by atoms with van der Waals surface area (Å²) >= 11 is 12.0. The third-order valence-electron chi connectivity index (χ3n) is 2.84. The van der Waals surface area contributed by atoms with Gasteiger partial charge in [-0.3, -0.25) is 0 Å². The fraction of sp³-hybridized carbons (Fsp3) is 0.333. The highest BCUT2D eigenvalue weighted by Gasteiger charge is 2.12. The topological polar surface area (TPSA) is 35.0 Å². The molecule has 0 N–H and O–H groups in total. The van der Waals surface area contributed by atoms with E-state index in [2.05, 4.69) is 9.97 Å². The first-order valence-electron chi connectivity index (χ1n) is 6.36. The van der Waals surface area contributed by atoms with Crippen molar-refractivity contribution in [3.63, 3.8) is 0 Å². The van der Waals surface area contributed by atoms with Crippen molar-refractivity contribution in [3.05, 3.63) is 45.3 Å². The Morgan fingerprint density at radius 3 is 2.15 bits per heavy atom. The molecule has 106 valence electrons. The molecule has 3 nitrogen and oxygen atoms in total. The predicted octanol–water partition coefficient (Wildman–Crippen LogP) is 5.32. The van der Waals surface area contributed by atoms with Gasteiger partial charge in [0.15, 0.2) is 0 Å². The largest absolute Gasteiger partial charge is 0.438 e. The molecule has 0 unspecified atom stereocenters. The maximum absolute atomic E-state index is 6.01. The molecular formula is C15H16Cl2N2O. The fourth-order valence-electron chi connectivity index (χ4n) is 1.89. The summed E-state index contributed by atoms with van der Waals surface area (Å²) in [7, 11) is 0. The monoisotopic (exact) mass is 310 g/mol. The summed E-state index contributed by atoms with van der Waals surface area (Å²) in [6.45, 7) is 7.91. The zero-order valence-electron chi connectivity index (χ0n) is 11.9. The zero-order valence-corrected chi connectivity index (χ0v) is 13.4. The lowest BCUT2D eigenvalue weighted by Gasteiger charge is -2.13. The van der Waals surface area contributed by atoms with Crippen molar-refractivity contribution in [2.45, 2.75) is 33.6 Å². The molecule has 0 atom stereocenters. The van der Waals surface area contributed by atoms with E-state index < -0.39 is 0 Å². The van der Waals surface area contributed by atoms with Crippen molar-refractivity contribution in [2.24, 2.45) is 0 Å². The summed E-state index contributed by atoms with van der Waals surface area (Å²) in [4.78, 5) is 8.57. The van der Waals surface area contributed by atoms with Crippen molar-refractivity contribution in [3.8, 4) is 11.6 Å². The molecule has 0 saturated carbocycles. The van der Waals surface area contributed by atoms with Crippen LogP contribution < -0.4 is 4.74 Å². The summed E-state index contributed by atoms with van der Waals surface area (Å²) in [5, 5.41) is 1.07. The van der Waals surface area contributed by atoms with E-state index in [0.29, 0.717) is 21.9 Å². The molecule has 0 amide bonds. The lowest BCUT2D eigenvalue weighted by atomic mass is 10.1. The minimum Gasteiger partial charge on any atom is -0.438 e. The molecule has 0 saturated heterocycles. The van der Waals surface area contributed by atoms with E-state index in [-0.39, 0.29) is 5.92 Å². The van der Waals surface area contributed by atoms with Crippen LogP contribution in [0.5, 0.6) is 11.6 Å². The van der Waals surface area contributed by atoms with E-state index in [0.717, 1.165) is 16.9 Å². The van der Waals surface area contributed by atoms with E-state index in [9.17, 15) is 0 Å². The van der Waals surface area contributed by atoms with Gasteiger partial charge < -0.3 is 4.74 Å². The molecule has 1 heterocycles. The van der Waals surface area contributed by atoms with Crippen LogP contribution in [0.3, 0.4) is 0 Å². The molecule has 0 aliphatic carbocycles. The molecule has 1 aromatic heterocycles. The summed E-state index contributed by atoms with van der Waals surface area (Å²) < 4.78 is 5.87. The Morgan fingerprint density at radius 1 is 1.00 bits per heavy atom. The highest BCUT2D eigenvalue weighted by Crippen LogP contribution is 2.31. The van der Waals surface area contributed by atoms with Gasteiger partial charge in [0.1, 0.15) is 16.7 Å². The van der Waals surface area contributed by atoms with Gasteiger partial charge in [0.2, 0.25) is 5.88 Å². The number of aryl methyl sites for hydroxylation is 2. The number of hydrogen-bond acceptors (Lipinski definition) is 3. The molecule has 20 heavy (non-hydrogen) atoms. The second kappa shape index (κ2) is 5.98. The molecule has 0 radical (unpaired) electrons. The summed E-state index contributed by atoms with van der Waals surface area (Å²) in [5.41, 5.74) is 1.91. The minimum absolute atomic E-state index is 0.184. The van der Waals surface area contributed by atoms with Crippen LogP contribution in [-0.2, 0) is 0 Å². The first kappa shape index (κ1) is 15.1. The van der Waals surface area contributed by atoms with Gasteiger partial charge in [-0.2, -0.15) is 4.98 Å².